The van der Waals surface area contributed by atoms with Crippen molar-refractivity contribution in [1.82, 2.24) is 5.32 Å². The van der Waals surface area contributed by atoms with E-state index >= 15 is 0 Å². The molecule has 0 aliphatic carbocycles. The van der Waals surface area contributed by atoms with Crippen LogP contribution in [0.4, 0.5) is 0 Å². The van der Waals surface area contributed by atoms with Gasteiger partial charge < -0.3 is 16.2 Å². The Morgan fingerprint density at radius 1 is 1.28 bits per heavy atom. The summed E-state index contributed by atoms with van der Waals surface area (Å²) in [5.41, 5.74) is 5.74. The van der Waals surface area contributed by atoms with Gasteiger partial charge in [0, 0.05) is 6.04 Å². The molecule has 0 spiro atoms. The molecule has 0 aromatic heterocycles. The molecule has 5 nitrogen and oxygen atoms in total. The van der Waals surface area contributed by atoms with Crippen molar-refractivity contribution in [2.24, 2.45) is 17.6 Å². The Labute approximate surface area is 109 Å². The first-order chi connectivity index (χ1) is 8.27. The van der Waals surface area contributed by atoms with E-state index in [2.05, 4.69) is 5.32 Å². The fraction of sp³-hybridized carbons (Fsp3) is 0.846. The lowest BCUT2D eigenvalue weighted by Gasteiger charge is -2.23. The second-order valence-corrected chi connectivity index (χ2v) is 5.32. The number of nitrogens with one attached hydrogen (secondary N) is 1. The number of hydrogen-bond acceptors (Lipinski definition) is 3. The zero-order valence-electron chi connectivity index (χ0n) is 11.8. The third kappa shape index (κ3) is 6.59. The van der Waals surface area contributed by atoms with Crippen LogP contribution in [-0.2, 0) is 9.59 Å². The molecule has 0 fully saturated rings. The van der Waals surface area contributed by atoms with Crippen molar-refractivity contribution in [2.45, 2.75) is 59.0 Å². The minimum Gasteiger partial charge on any atom is -0.481 e. The average Bonchev–Trinajstić information content (AvgIpc) is 2.26. The second kappa shape index (κ2) is 8.08. The summed E-state index contributed by atoms with van der Waals surface area (Å²) in [7, 11) is 0. The van der Waals surface area contributed by atoms with Gasteiger partial charge in [0.25, 0.3) is 0 Å². The number of aliphatic carboxylic acids is 1. The zero-order valence-corrected chi connectivity index (χ0v) is 11.8. The van der Waals surface area contributed by atoms with Gasteiger partial charge in [0.1, 0.15) is 0 Å². The van der Waals surface area contributed by atoms with Gasteiger partial charge in [-0.25, -0.2) is 0 Å². The SMILES string of the molecule is CCC(C)CC(CC(=O)O)NC(=O)C(N)C(C)C. The molecular formula is C13H26N2O3. The summed E-state index contributed by atoms with van der Waals surface area (Å²) in [5.74, 6) is -0.745. The Hall–Kier alpha value is -1.10. The van der Waals surface area contributed by atoms with E-state index in [1.54, 1.807) is 0 Å². The predicted molar refractivity (Wildman–Crippen MR) is 71.1 cm³/mol. The van der Waals surface area contributed by atoms with E-state index in [4.69, 9.17) is 10.8 Å². The lowest BCUT2D eigenvalue weighted by molar-refractivity contribution is -0.137. The van der Waals surface area contributed by atoms with Crippen LogP contribution in [0.3, 0.4) is 0 Å². The van der Waals surface area contributed by atoms with E-state index in [-0.39, 0.29) is 24.3 Å². The van der Waals surface area contributed by atoms with E-state index in [0.717, 1.165) is 6.42 Å². The molecule has 0 radical (unpaired) electrons. The number of nitrogens with two attached hydrogens (primary N) is 1. The molecule has 0 aromatic carbocycles. The van der Waals surface area contributed by atoms with E-state index < -0.39 is 12.0 Å². The molecule has 3 atom stereocenters. The summed E-state index contributed by atoms with van der Waals surface area (Å²) in [6, 6.07) is -0.923. The van der Waals surface area contributed by atoms with Crippen molar-refractivity contribution in [3.63, 3.8) is 0 Å². The van der Waals surface area contributed by atoms with Gasteiger partial charge in [0.15, 0.2) is 0 Å². The highest BCUT2D eigenvalue weighted by molar-refractivity contribution is 5.82. The number of hydrogen-bond donors (Lipinski definition) is 3. The van der Waals surface area contributed by atoms with E-state index in [0.29, 0.717) is 12.3 Å². The molecule has 0 rings (SSSR count). The van der Waals surface area contributed by atoms with Crippen molar-refractivity contribution in [3.8, 4) is 0 Å². The predicted octanol–water partition coefficient (Wildman–Crippen LogP) is 1.37. The first-order valence-corrected chi connectivity index (χ1v) is 6.55. The summed E-state index contributed by atoms with van der Waals surface area (Å²) in [5, 5.41) is 11.6. The number of carboxylic acids is 1. The fourth-order valence-electron chi connectivity index (χ4n) is 1.66. The van der Waals surface area contributed by atoms with Crippen molar-refractivity contribution in [3.05, 3.63) is 0 Å². The molecule has 0 saturated carbocycles. The van der Waals surface area contributed by atoms with Crippen LogP contribution in [-0.4, -0.2) is 29.1 Å². The fourth-order valence-corrected chi connectivity index (χ4v) is 1.66. The van der Waals surface area contributed by atoms with Crippen LogP contribution in [0.1, 0.15) is 47.0 Å². The lowest BCUT2D eigenvalue weighted by atomic mass is 9.96. The van der Waals surface area contributed by atoms with Gasteiger partial charge in [-0.2, -0.15) is 0 Å². The van der Waals surface area contributed by atoms with E-state index in [1.165, 1.54) is 0 Å². The average molecular weight is 258 g/mol. The standard InChI is InChI=1S/C13H26N2O3/c1-5-9(4)6-10(7-11(16)17)15-13(18)12(14)8(2)3/h8-10,12H,5-7,14H2,1-4H3,(H,15,18)(H,16,17). The van der Waals surface area contributed by atoms with Crippen LogP contribution in [0.5, 0.6) is 0 Å². The monoisotopic (exact) mass is 258 g/mol. The van der Waals surface area contributed by atoms with Crippen molar-refractivity contribution >= 4 is 11.9 Å². The van der Waals surface area contributed by atoms with Gasteiger partial charge >= 0.3 is 5.97 Å². The summed E-state index contributed by atoms with van der Waals surface area (Å²) in [6.45, 7) is 7.82. The smallest absolute Gasteiger partial charge is 0.305 e. The molecule has 1 amide bonds. The Morgan fingerprint density at radius 2 is 1.83 bits per heavy atom. The maximum Gasteiger partial charge on any atom is 0.305 e. The lowest BCUT2D eigenvalue weighted by Crippen LogP contribution is -2.48. The highest BCUT2D eigenvalue weighted by atomic mass is 16.4. The highest BCUT2D eigenvalue weighted by Crippen LogP contribution is 2.13. The second-order valence-electron chi connectivity index (χ2n) is 5.32. The number of amides is 1. The molecule has 5 heteroatoms. The molecule has 0 aromatic rings. The largest absolute Gasteiger partial charge is 0.481 e. The quantitative estimate of drug-likeness (QED) is 0.613. The van der Waals surface area contributed by atoms with Gasteiger partial charge in [-0.1, -0.05) is 34.1 Å². The molecule has 0 aliphatic rings. The van der Waals surface area contributed by atoms with Crippen LogP contribution in [0, 0.1) is 11.8 Å². The maximum absolute atomic E-state index is 11.8. The highest BCUT2D eigenvalue weighted by Gasteiger charge is 2.23. The van der Waals surface area contributed by atoms with E-state index in [9.17, 15) is 9.59 Å². The van der Waals surface area contributed by atoms with Crippen LogP contribution in [0.2, 0.25) is 0 Å². The Morgan fingerprint density at radius 3 is 2.22 bits per heavy atom. The van der Waals surface area contributed by atoms with Crippen molar-refractivity contribution < 1.29 is 14.7 Å². The number of rotatable bonds is 8. The van der Waals surface area contributed by atoms with Gasteiger partial charge in [0.05, 0.1) is 12.5 Å². The normalized spacial score (nSPS) is 16.1. The number of carbonyl (C=O) groups is 2. The van der Waals surface area contributed by atoms with E-state index in [1.807, 2.05) is 27.7 Å². The molecule has 106 valence electrons. The topological polar surface area (TPSA) is 92.4 Å². The minimum absolute atomic E-state index is 0.0408. The Bertz CT molecular complexity index is 279. The van der Waals surface area contributed by atoms with Gasteiger partial charge in [-0.15, -0.1) is 0 Å². The number of carboxylic acid groups (broad SMARTS) is 1. The Kier molecular flexibility index (Phi) is 7.59. The van der Waals surface area contributed by atoms with Crippen molar-refractivity contribution in [1.29, 1.82) is 0 Å². The molecule has 4 N–H and O–H groups in total. The zero-order chi connectivity index (χ0) is 14.3. The summed E-state index contributed by atoms with van der Waals surface area (Å²) in [4.78, 5) is 22.6. The minimum atomic E-state index is -0.901. The van der Waals surface area contributed by atoms with Crippen LogP contribution < -0.4 is 11.1 Å². The summed E-state index contributed by atoms with van der Waals surface area (Å²) in [6.07, 6.45) is 1.57. The first kappa shape index (κ1) is 16.9. The molecule has 18 heavy (non-hydrogen) atoms. The maximum atomic E-state index is 11.8. The molecule has 3 unspecified atom stereocenters. The molecular weight excluding hydrogens is 232 g/mol. The first-order valence-electron chi connectivity index (χ1n) is 6.55. The van der Waals surface area contributed by atoms with Crippen molar-refractivity contribution in [2.75, 3.05) is 0 Å². The van der Waals surface area contributed by atoms with Crippen LogP contribution in [0.15, 0.2) is 0 Å². The molecule has 0 bridgehead atoms. The van der Waals surface area contributed by atoms with Gasteiger partial charge in [-0.3, -0.25) is 9.59 Å². The molecule has 0 saturated heterocycles. The van der Waals surface area contributed by atoms with Crippen LogP contribution >= 0.6 is 0 Å². The molecule has 0 heterocycles. The van der Waals surface area contributed by atoms with Crippen LogP contribution in [0.25, 0.3) is 0 Å². The van der Waals surface area contributed by atoms with Gasteiger partial charge in [0.2, 0.25) is 5.91 Å². The molecule has 0 aliphatic heterocycles. The third-order valence-corrected chi connectivity index (χ3v) is 3.17. The third-order valence-electron chi connectivity index (χ3n) is 3.17. The Balaban J connectivity index is 4.48. The summed E-state index contributed by atoms with van der Waals surface area (Å²) >= 11 is 0. The number of carbonyl (C=O) groups excluding carboxylic acids is 1. The summed E-state index contributed by atoms with van der Waals surface area (Å²) < 4.78 is 0. The van der Waals surface area contributed by atoms with Gasteiger partial charge in [-0.05, 0) is 18.3 Å².